The Hall–Kier alpha value is -1.55. The molecule has 0 atom stereocenters. The van der Waals surface area contributed by atoms with Crippen molar-refractivity contribution >= 4 is 0 Å². The van der Waals surface area contributed by atoms with Gasteiger partial charge in [0, 0.05) is 6.08 Å². The first kappa shape index (κ1) is 21.7. The number of unbranched alkanes of at least 4 members (excludes halogenated alkanes) is 3. The Labute approximate surface area is 167 Å². The largest absolute Gasteiger partial charge is 0.193 e. The SMILES string of the molecule is CCCCCc1ccc(CCCCC2CCC(CC/C=C/C#N)CC2)cc1. The summed E-state index contributed by atoms with van der Waals surface area (Å²) in [5.74, 6) is 1.87. The van der Waals surface area contributed by atoms with E-state index in [1.807, 2.05) is 6.08 Å². The standard InChI is InChI=1S/C26H39N/c1-2-3-5-10-23-14-18-25(19-15-23)12-7-8-13-26-20-16-24(17-21-26)11-6-4-9-22-27/h4,9,14-15,18-19,24,26H,2-3,5-8,10-13,16-17,20-21H2,1H3/b9-4+. The van der Waals surface area contributed by atoms with E-state index in [1.165, 1.54) is 94.6 Å². The first-order chi connectivity index (χ1) is 13.3. The van der Waals surface area contributed by atoms with Crippen LogP contribution in [-0.4, -0.2) is 0 Å². The van der Waals surface area contributed by atoms with Crippen molar-refractivity contribution in [2.24, 2.45) is 11.8 Å². The topological polar surface area (TPSA) is 23.8 Å². The van der Waals surface area contributed by atoms with Crippen LogP contribution in [0.3, 0.4) is 0 Å². The number of benzene rings is 1. The molecule has 1 aliphatic carbocycles. The van der Waals surface area contributed by atoms with E-state index < -0.39 is 0 Å². The van der Waals surface area contributed by atoms with Crippen LogP contribution < -0.4 is 0 Å². The molecule has 0 N–H and O–H groups in total. The average molecular weight is 366 g/mol. The van der Waals surface area contributed by atoms with Crippen molar-refractivity contribution in [2.45, 2.75) is 96.8 Å². The lowest BCUT2D eigenvalue weighted by molar-refractivity contribution is 0.250. The Balaban J connectivity index is 1.53. The van der Waals surface area contributed by atoms with Crippen LogP contribution in [0, 0.1) is 23.2 Å². The maximum atomic E-state index is 8.53. The Kier molecular flexibility index (Phi) is 10.9. The van der Waals surface area contributed by atoms with Gasteiger partial charge in [-0.2, -0.15) is 5.26 Å². The molecule has 0 aliphatic heterocycles. The minimum atomic E-state index is 0.903. The lowest BCUT2D eigenvalue weighted by Crippen LogP contribution is -2.14. The van der Waals surface area contributed by atoms with Gasteiger partial charge in [-0.25, -0.2) is 0 Å². The molecule has 0 amide bonds. The summed E-state index contributed by atoms with van der Waals surface area (Å²) in [7, 11) is 0. The van der Waals surface area contributed by atoms with Crippen LogP contribution in [0.2, 0.25) is 0 Å². The molecule has 1 aromatic rings. The average Bonchev–Trinajstić information content (AvgIpc) is 2.71. The summed E-state index contributed by atoms with van der Waals surface area (Å²) in [4.78, 5) is 0. The van der Waals surface area contributed by atoms with Crippen LogP contribution in [0.4, 0.5) is 0 Å². The molecule has 148 valence electrons. The van der Waals surface area contributed by atoms with Crippen LogP contribution in [-0.2, 0) is 12.8 Å². The maximum Gasteiger partial charge on any atom is 0.0908 e. The van der Waals surface area contributed by atoms with Crippen molar-refractivity contribution in [3.63, 3.8) is 0 Å². The highest BCUT2D eigenvalue weighted by Crippen LogP contribution is 2.34. The Morgan fingerprint density at radius 2 is 1.41 bits per heavy atom. The first-order valence-electron chi connectivity index (χ1n) is 11.4. The molecule has 0 bridgehead atoms. The number of hydrogen-bond acceptors (Lipinski definition) is 1. The molecule has 0 unspecified atom stereocenters. The van der Waals surface area contributed by atoms with Crippen molar-refractivity contribution in [3.8, 4) is 6.07 Å². The smallest absolute Gasteiger partial charge is 0.0908 e. The van der Waals surface area contributed by atoms with Crippen molar-refractivity contribution in [2.75, 3.05) is 0 Å². The number of rotatable bonds is 12. The molecule has 0 heterocycles. The van der Waals surface area contributed by atoms with Gasteiger partial charge in [-0.1, -0.05) is 88.6 Å². The van der Waals surface area contributed by atoms with Gasteiger partial charge in [0.1, 0.15) is 0 Å². The number of hydrogen-bond donors (Lipinski definition) is 0. The zero-order chi connectivity index (χ0) is 19.2. The van der Waals surface area contributed by atoms with Crippen LogP contribution >= 0.6 is 0 Å². The lowest BCUT2D eigenvalue weighted by Gasteiger charge is -2.28. The molecule has 27 heavy (non-hydrogen) atoms. The zero-order valence-corrected chi connectivity index (χ0v) is 17.5. The summed E-state index contributed by atoms with van der Waals surface area (Å²) in [6.07, 6.45) is 22.3. The summed E-state index contributed by atoms with van der Waals surface area (Å²) in [5, 5.41) is 8.53. The number of nitrogens with zero attached hydrogens (tertiary/aromatic N) is 1. The van der Waals surface area contributed by atoms with E-state index >= 15 is 0 Å². The van der Waals surface area contributed by atoms with Gasteiger partial charge in [0.25, 0.3) is 0 Å². The second-order valence-corrected chi connectivity index (χ2v) is 8.51. The van der Waals surface area contributed by atoms with Crippen molar-refractivity contribution < 1.29 is 0 Å². The summed E-state index contributed by atoms with van der Waals surface area (Å²) in [6.45, 7) is 2.27. The minimum absolute atomic E-state index is 0.903. The molecule has 0 radical (unpaired) electrons. The van der Waals surface area contributed by atoms with Gasteiger partial charge in [-0.15, -0.1) is 0 Å². The monoisotopic (exact) mass is 365 g/mol. The van der Waals surface area contributed by atoms with Crippen molar-refractivity contribution in [3.05, 3.63) is 47.5 Å². The second-order valence-electron chi connectivity index (χ2n) is 8.51. The van der Waals surface area contributed by atoms with Gasteiger partial charge in [0.2, 0.25) is 0 Å². The Bertz CT molecular complexity index is 555. The van der Waals surface area contributed by atoms with Crippen LogP contribution in [0.25, 0.3) is 0 Å². The quantitative estimate of drug-likeness (QED) is 0.274. The molecule has 0 saturated heterocycles. The van der Waals surface area contributed by atoms with E-state index in [0.29, 0.717) is 0 Å². The minimum Gasteiger partial charge on any atom is -0.193 e. The Morgan fingerprint density at radius 1 is 0.852 bits per heavy atom. The van der Waals surface area contributed by atoms with Crippen LogP contribution in [0.15, 0.2) is 36.4 Å². The molecule has 1 aromatic carbocycles. The predicted octanol–water partition coefficient (Wildman–Crippen LogP) is 7.80. The molecule has 1 fully saturated rings. The fraction of sp³-hybridized carbons (Fsp3) is 0.654. The predicted molar refractivity (Wildman–Crippen MR) is 117 cm³/mol. The van der Waals surface area contributed by atoms with Crippen molar-refractivity contribution in [1.82, 2.24) is 0 Å². The maximum absolute atomic E-state index is 8.53. The van der Waals surface area contributed by atoms with Crippen molar-refractivity contribution in [1.29, 1.82) is 5.26 Å². The van der Waals surface area contributed by atoms with Gasteiger partial charge in [-0.05, 0) is 61.5 Å². The van der Waals surface area contributed by atoms with Gasteiger partial charge < -0.3 is 0 Å². The molecule has 1 heteroatoms. The van der Waals surface area contributed by atoms with E-state index in [-0.39, 0.29) is 0 Å². The van der Waals surface area contributed by atoms with E-state index in [0.717, 1.165) is 18.3 Å². The van der Waals surface area contributed by atoms with Gasteiger partial charge in [0.15, 0.2) is 0 Å². The van der Waals surface area contributed by atoms with E-state index in [4.69, 9.17) is 5.26 Å². The van der Waals surface area contributed by atoms with Gasteiger partial charge >= 0.3 is 0 Å². The van der Waals surface area contributed by atoms with E-state index in [9.17, 15) is 0 Å². The number of aryl methyl sites for hydroxylation is 2. The highest BCUT2D eigenvalue weighted by atomic mass is 14.3. The van der Waals surface area contributed by atoms with E-state index in [1.54, 1.807) is 6.08 Å². The second kappa shape index (κ2) is 13.6. The highest BCUT2D eigenvalue weighted by molar-refractivity contribution is 5.22. The molecule has 1 saturated carbocycles. The first-order valence-corrected chi connectivity index (χ1v) is 11.4. The number of allylic oxidation sites excluding steroid dienone is 2. The molecule has 1 nitrogen and oxygen atoms in total. The molecule has 1 aliphatic rings. The lowest BCUT2D eigenvalue weighted by atomic mass is 9.78. The fourth-order valence-electron chi connectivity index (χ4n) is 4.49. The normalized spacial score (nSPS) is 20.0. The molecular formula is C26H39N. The van der Waals surface area contributed by atoms with E-state index in [2.05, 4.69) is 37.3 Å². The van der Waals surface area contributed by atoms with Gasteiger partial charge in [0.05, 0.1) is 6.07 Å². The summed E-state index contributed by atoms with van der Waals surface area (Å²) >= 11 is 0. The Morgan fingerprint density at radius 3 is 1.96 bits per heavy atom. The van der Waals surface area contributed by atoms with Crippen LogP contribution in [0.1, 0.15) is 95.1 Å². The number of nitriles is 1. The van der Waals surface area contributed by atoms with Crippen LogP contribution in [0.5, 0.6) is 0 Å². The highest BCUT2D eigenvalue weighted by Gasteiger charge is 2.20. The fourth-order valence-corrected chi connectivity index (χ4v) is 4.49. The third kappa shape index (κ3) is 9.28. The molecule has 2 rings (SSSR count). The summed E-state index contributed by atoms with van der Waals surface area (Å²) in [5.41, 5.74) is 3.02. The third-order valence-electron chi connectivity index (χ3n) is 6.32. The third-order valence-corrected chi connectivity index (χ3v) is 6.32. The molecule has 0 spiro atoms. The summed E-state index contributed by atoms with van der Waals surface area (Å²) < 4.78 is 0. The van der Waals surface area contributed by atoms with Gasteiger partial charge in [-0.3, -0.25) is 0 Å². The zero-order valence-electron chi connectivity index (χ0n) is 17.5. The molecule has 0 aromatic heterocycles. The molecular weight excluding hydrogens is 326 g/mol. The summed E-state index contributed by atoms with van der Waals surface area (Å²) in [6, 6.07) is 11.5.